The summed E-state index contributed by atoms with van der Waals surface area (Å²) >= 11 is 0. The molecule has 0 bridgehead atoms. The fraction of sp³-hybridized carbons (Fsp3) is 1.00. The minimum absolute atomic E-state index is 0.0847. The molecule has 144 valence electrons. The first-order valence-electron chi connectivity index (χ1n) is 10.2. The molecule has 25 heavy (non-hydrogen) atoms. The van der Waals surface area contributed by atoms with Crippen LogP contribution in [0.1, 0.15) is 25.7 Å². The van der Waals surface area contributed by atoms with E-state index in [0.717, 1.165) is 91.1 Å². The van der Waals surface area contributed by atoms with Crippen molar-refractivity contribution in [2.45, 2.75) is 37.4 Å². The number of rotatable bonds is 4. The van der Waals surface area contributed by atoms with Crippen molar-refractivity contribution in [1.82, 2.24) is 9.80 Å². The zero-order valence-corrected chi connectivity index (χ0v) is 15.5. The van der Waals surface area contributed by atoms with E-state index in [2.05, 4.69) is 9.80 Å². The second-order valence-electron chi connectivity index (χ2n) is 8.22. The summed E-state index contributed by atoms with van der Waals surface area (Å²) in [5, 5.41) is 0. The predicted molar refractivity (Wildman–Crippen MR) is 94.9 cm³/mol. The fourth-order valence-electron chi connectivity index (χ4n) is 4.75. The highest BCUT2D eigenvalue weighted by atomic mass is 16.6. The lowest BCUT2D eigenvalue weighted by Crippen LogP contribution is -2.47. The Morgan fingerprint density at radius 3 is 2.32 bits per heavy atom. The Hall–Kier alpha value is -0.240. The molecule has 0 N–H and O–H groups in total. The van der Waals surface area contributed by atoms with Crippen molar-refractivity contribution in [3.8, 4) is 0 Å². The maximum Gasteiger partial charge on any atom is 0.105 e. The van der Waals surface area contributed by atoms with Crippen molar-refractivity contribution in [2.24, 2.45) is 5.92 Å². The summed E-state index contributed by atoms with van der Waals surface area (Å²) in [6.45, 7) is 11.5. The van der Waals surface area contributed by atoms with Crippen LogP contribution in [0.2, 0.25) is 0 Å². The minimum atomic E-state index is -0.0847. The topological polar surface area (TPSA) is 43.4 Å². The first kappa shape index (κ1) is 18.1. The van der Waals surface area contributed by atoms with Gasteiger partial charge in [0.2, 0.25) is 0 Å². The van der Waals surface area contributed by atoms with Gasteiger partial charge in [-0.25, -0.2) is 0 Å². The molecule has 4 heterocycles. The molecule has 2 atom stereocenters. The van der Waals surface area contributed by atoms with E-state index in [-0.39, 0.29) is 5.60 Å². The van der Waals surface area contributed by atoms with E-state index < -0.39 is 0 Å². The van der Waals surface area contributed by atoms with Crippen LogP contribution in [0.15, 0.2) is 0 Å². The molecule has 1 spiro atoms. The lowest BCUT2D eigenvalue weighted by Gasteiger charge is -2.35. The molecule has 0 radical (unpaired) electrons. The third-order valence-corrected chi connectivity index (χ3v) is 6.19. The maximum atomic E-state index is 6.62. The number of hydrogen-bond acceptors (Lipinski definition) is 6. The highest BCUT2D eigenvalue weighted by Gasteiger charge is 2.43. The Kier molecular flexibility index (Phi) is 6.26. The van der Waals surface area contributed by atoms with Gasteiger partial charge in [-0.2, -0.15) is 0 Å². The van der Waals surface area contributed by atoms with E-state index in [1.165, 1.54) is 19.4 Å². The molecule has 4 aliphatic rings. The largest absolute Gasteiger partial charge is 0.381 e. The average molecular weight is 354 g/mol. The van der Waals surface area contributed by atoms with Crippen LogP contribution in [0.4, 0.5) is 0 Å². The minimum Gasteiger partial charge on any atom is -0.381 e. The molecule has 0 aromatic rings. The van der Waals surface area contributed by atoms with Crippen LogP contribution >= 0.6 is 0 Å². The molecule has 4 fully saturated rings. The molecule has 6 heteroatoms. The molecule has 0 aromatic heterocycles. The average Bonchev–Trinajstić information content (AvgIpc) is 2.91. The van der Waals surface area contributed by atoms with Gasteiger partial charge in [-0.05, 0) is 31.6 Å². The Morgan fingerprint density at radius 2 is 1.48 bits per heavy atom. The van der Waals surface area contributed by atoms with Gasteiger partial charge in [-0.1, -0.05) is 0 Å². The summed E-state index contributed by atoms with van der Waals surface area (Å²) in [4.78, 5) is 5.09. The number of morpholine rings is 1. The van der Waals surface area contributed by atoms with Crippen LogP contribution in [0, 0.1) is 5.92 Å². The van der Waals surface area contributed by atoms with Crippen LogP contribution in [-0.4, -0.2) is 100 Å². The van der Waals surface area contributed by atoms with Crippen molar-refractivity contribution >= 4 is 0 Å². The lowest BCUT2D eigenvalue weighted by molar-refractivity contribution is -0.0973. The Balaban J connectivity index is 1.30. The first-order valence-corrected chi connectivity index (χ1v) is 10.2. The third kappa shape index (κ3) is 4.93. The number of ether oxygens (including phenoxy) is 4. The summed E-state index contributed by atoms with van der Waals surface area (Å²) in [7, 11) is 0. The Bertz CT molecular complexity index is 412. The highest BCUT2D eigenvalue weighted by molar-refractivity contribution is 4.94. The second kappa shape index (κ2) is 8.63. The normalized spacial score (nSPS) is 36.7. The zero-order chi connectivity index (χ0) is 17.0. The summed E-state index contributed by atoms with van der Waals surface area (Å²) in [5.74, 6) is 0.773. The molecule has 4 rings (SSSR count). The van der Waals surface area contributed by atoms with Gasteiger partial charge < -0.3 is 18.9 Å². The standard InChI is InChI=1S/C19H34N2O4/c1-4-19(25-18(1)14-20-5-10-23-11-6-20)15-21(7-12-24-16-19)13-17-2-8-22-9-3-17/h17-18H,1-16H2/t18-,19-/m0/s1. The SMILES string of the molecule is C1CC(CN2CCOC[C@]3(CC[C@@H](CN4CCOCC4)O3)C2)CCO1. The molecule has 0 aliphatic carbocycles. The lowest BCUT2D eigenvalue weighted by atomic mass is 9.97. The smallest absolute Gasteiger partial charge is 0.105 e. The fourth-order valence-corrected chi connectivity index (χ4v) is 4.75. The van der Waals surface area contributed by atoms with Gasteiger partial charge in [0, 0.05) is 52.5 Å². The van der Waals surface area contributed by atoms with Crippen LogP contribution in [0.5, 0.6) is 0 Å². The number of hydrogen-bond donors (Lipinski definition) is 0. The highest BCUT2D eigenvalue weighted by Crippen LogP contribution is 2.34. The maximum absolute atomic E-state index is 6.62. The Labute approximate surface area is 151 Å². The van der Waals surface area contributed by atoms with Crippen molar-refractivity contribution in [3.05, 3.63) is 0 Å². The third-order valence-electron chi connectivity index (χ3n) is 6.19. The molecule has 0 amide bonds. The molecular formula is C19H34N2O4. The van der Waals surface area contributed by atoms with E-state index in [9.17, 15) is 0 Å². The van der Waals surface area contributed by atoms with Gasteiger partial charge >= 0.3 is 0 Å². The van der Waals surface area contributed by atoms with Crippen LogP contribution in [0.3, 0.4) is 0 Å². The summed E-state index contributed by atoms with van der Waals surface area (Å²) < 4.78 is 23.6. The van der Waals surface area contributed by atoms with Crippen LogP contribution in [0.25, 0.3) is 0 Å². The summed E-state index contributed by atoms with van der Waals surface area (Å²) in [6, 6.07) is 0. The predicted octanol–water partition coefficient (Wildman–Crippen LogP) is 0.995. The van der Waals surface area contributed by atoms with Crippen molar-refractivity contribution in [3.63, 3.8) is 0 Å². The molecule has 4 aliphatic heterocycles. The van der Waals surface area contributed by atoms with Crippen molar-refractivity contribution in [1.29, 1.82) is 0 Å². The van der Waals surface area contributed by atoms with Gasteiger partial charge in [0.25, 0.3) is 0 Å². The Morgan fingerprint density at radius 1 is 0.760 bits per heavy atom. The van der Waals surface area contributed by atoms with Crippen molar-refractivity contribution in [2.75, 3.05) is 78.9 Å². The van der Waals surface area contributed by atoms with Gasteiger partial charge in [0.1, 0.15) is 5.60 Å². The van der Waals surface area contributed by atoms with Crippen LogP contribution in [-0.2, 0) is 18.9 Å². The summed E-state index contributed by atoms with van der Waals surface area (Å²) in [6.07, 6.45) is 5.04. The van der Waals surface area contributed by atoms with Gasteiger partial charge in [-0.3, -0.25) is 9.80 Å². The van der Waals surface area contributed by atoms with E-state index >= 15 is 0 Å². The molecule has 0 unspecified atom stereocenters. The molecule has 0 aromatic carbocycles. The second-order valence-corrected chi connectivity index (χ2v) is 8.22. The van der Waals surface area contributed by atoms with Crippen LogP contribution < -0.4 is 0 Å². The van der Waals surface area contributed by atoms with E-state index in [1.807, 2.05) is 0 Å². The van der Waals surface area contributed by atoms with Crippen molar-refractivity contribution < 1.29 is 18.9 Å². The zero-order valence-electron chi connectivity index (χ0n) is 15.5. The quantitative estimate of drug-likeness (QED) is 0.750. The first-order chi connectivity index (χ1) is 12.3. The molecule has 6 nitrogen and oxygen atoms in total. The molecule has 4 saturated heterocycles. The summed E-state index contributed by atoms with van der Waals surface area (Å²) in [5.41, 5.74) is -0.0847. The monoisotopic (exact) mass is 354 g/mol. The van der Waals surface area contributed by atoms with Gasteiger partial charge in [0.05, 0.1) is 32.5 Å². The number of nitrogens with zero attached hydrogens (tertiary/aromatic N) is 2. The van der Waals surface area contributed by atoms with E-state index in [0.29, 0.717) is 6.10 Å². The molecule has 0 saturated carbocycles. The molecular weight excluding hydrogens is 320 g/mol. The van der Waals surface area contributed by atoms with E-state index in [1.54, 1.807) is 0 Å². The van der Waals surface area contributed by atoms with E-state index in [4.69, 9.17) is 18.9 Å². The van der Waals surface area contributed by atoms with Gasteiger partial charge in [0.15, 0.2) is 0 Å². The van der Waals surface area contributed by atoms with Gasteiger partial charge in [-0.15, -0.1) is 0 Å².